The number of halogens is 2. The van der Waals surface area contributed by atoms with Crippen molar-refractivity contribution in [2.24, 2.45) is 0 Å². The van der Waals surface area contributed by atoms with Gasteiger partial charge in [0.2, 0.25) is 11.4 Å². The van der Waals surface area contributed by atoms with Gasteiger partial charge in [0, 0.05) is 11.1 Å². The summed E-state index contributed by atoms with van der Waals surface area (Å²) in [6.07, 6.45) is -1.37. The van der Waals surface area contributed by atoms with Crippen molar-refractivity contribution in [3.05, 3.63) is 71.8 Å². The van der Waals surface area contributed by atoms with E-state index in [-0.39, 0.29) is 10.1 Å². The van der Waals surface area contributed by atoms with E-state index in [9.17, 15) is 19.2 Å². The number of nitrogens with one attached hydrogen (secondary N) is 2. The molecule has 2 unspecified atom stereocenters. The first-order valence-corrected chi connectivity index (χ1v) is 27.4. The summed E-state index contributed by atoms with van der Waals surface area (Å²) in [7, 11) is -5.32. The third-order valence-corrected chi connectivity index (χ3v) is 22.8. The molecule has 0 saturated carbocycles. The number of carbonyl (C=O) groups is 4. The molecule has 2 aromatic carbocycles. The number of hydrogen-bond acceptors (Lipinski definition) is 8. The molecule has 14 heteroatoms. The van der Waals surface area contributed by atoms with Crippen LogP contribution < -0.4 is 10.6 Å². The smallest absolute Gasteiger partial charge is 0.319 e. The zero-order valence-corrected chi connectivity index (χ0v) is 42.0. The van der Waals surface area contributed by atoms with Crippen molar-refractivity contribution in [2.75, 3.05) is 0 Å². The Bertz CT molecular complexity index is 1600. The molecule has 2 aromatic rings. The second kappa shape index (κ2) is 20.0. The summed E-state index contributed by atoms with van der Waals surface area (Å²) in [5.74, 6) is -3.08. The van der Waals surface area contributed by atoms with Gasteiger partial charge >= 0.3 is 11.9 Å². The number of hydrogen-bond donors (Lipinski definition) is 2. The van der Waals surface area contributed by atoms with Gasteiger partial charge in [-0.15, -0.1) is 23.2 Å². The van der Waals surface area contributed by atoms with Gasteiger partial charge in [0.25, 0.3) is 11.8 Å². The number of rotatable bonds is 20. The number of benzene rings is 2. The van der Waals surface area contributed by atoms with Crippen LogP contribution in [0.2, 0.25) is 36.3 Å². The molecule has 2 N–H and O–H groups in total. The van der Waals surface area contributed by atoms with Gasteiger partial charge in [0.15, 0.2) is 16.6 Å². The Morgan fingerprint density at radius 1 is 0.542 bits per heavy atom. The molecule has 0 aliphatic heterocycles. The van der Waals surface area contributed by atoms with Gasteiger partial charge in [0.1, 0.15) is 18.6 Å². The highest BCUT2D eigenvalue weighted by Gasteiger charge is 2.57. The molecule has 0 radical (unpaired) electrons. The van der Waals surface area contributed by atoms with E-state index >= 15 is 0 Å². The maximum absolute atomic E-state index is 14.2. The second-order valence-electron chi connectivity index (χ2n) is 19.0. The van der Waals surface area contributed by atoms with Gasteiger partial charge in [-0.1, -0.05) is 106 Å². The van der Waals surface area contributed by atoms with E-state index in [1.54, 1.807) is 74.5 Å². The highest BCUT2D eigenvalue weighted by atomic mass is 35.5. The lowest BCUT2D eigenvalue weighted by Crippen LogP contribution is -2.67. The minimum atomic E-state index is -2.66. The van der Waals surface area contributed by atoms with Gasteiger partial charge < -0.3 is 29.0 Å². The summed E-state index contributed by atoms with van der Waals surface area (Å²) in [5.41, 5.74) is -3.10. The van der Waals surface area contributed by atoms with Crippen molar-refractivity contribution in [1.29, 1.82) is 0 Å². The number of amides is 2. The van der Waals surface area contributed by atoms with Crippen molar-refractivity contribution in [3.63, 3.8) is 0 Å². The second-order valence-corrected chi connectivity index (χ2v) is 30.0. The molecule has 0 aromatic heterocycles. The van der Waals surface area contributed by atoms with Crippen LogP contribution in [-0.2, 0) is 27.9 Å². The molecule has 4 atom stereocenters. The van der Waals surface area contributed by atoms with Crippen molar-refractivity contribution >= 4 is 63.6 Å². The topological polar surface area (TPSA) is 129 Å². The number of ether oxygens (including phenoxy) is 2. The molecule has 332 valence electrons. The molecule has 2 amide bonds. The molecule has 0 heterocycles. The Morgan fingerprint density at radius 3 is 1.05 bits per heavy atom. The average Bonchev–Trinajstić information content (AvgIpc) is 3.14. The van der Waals surface area contributed by atoms with Gasteiger partial charge in [-0.25, -0.2) is 0 Å². The lowest BCUT2D eigenvalue weighted by Gasteiger charge is -2.50. The molecular weight excluding hydrogens is 824 g/mol. The molecule has 0 spiro atoms. The van der Waals surface area contributed by atoms with Gasteiger partial charge in [-0.2, -0.15) is 0 Å². The third kappa shape index (κ3) is 13.1. The molecule has 0 bridgehead atoms. The fraction of sp³-hybridized carbons (Fsp3) is 0.644. The third-order valence-electron chi connectivity index (χ3n) is 12.5. The largest absolute Gasteiger partial charge is 0.436 e. The Morgan fingerprint density at radius 2 is 0.814 bits per heavy atom. The number of esters is 2. The molecule has 0 saturated heterocycles. The summed E-state index contributed by atoms with van der Waals surface area (Å²) >= 11 is 14.8. The number of alkyl halides is 2. The maximum Gasteiger partial charge on any atom is 0.319 e. The van der Waals surface area contributed by atoms with E-state index in [4.69, 9.17) is 41.5 Å². The molecule has 2 rings (SSSR count). The van der Waals surface area contributed by atoms with Crippen LogP contribution in [0.4, 0.5) is 0 Å². The van der Waals surface area contributed by atoms with Gasteiger partial charge in [0.05, 0.1) is 9.75 Å². The quantitative estimate of drug-likeness (QED) is 0.0442. The predicted molar refractivity (Wildman–Crippen MR) is 244 cm³/mol. The molecule has 0 aliphatic rings. The average molecular weight is 896 g/mol. The van der Waals surface area contributed by atoms with Crippen LogP contribution in [-0.4, -0.2) is 73.8 Å². The van der Waals surface area contributed by atoms with Gasteiger partial charge in [-0.3, -0.25) is 19.2 Å². The van der Waals surface area contributed by atoms with Crippen molar-refractivity contribution in [1.82, 2.24) is 10.6 Å². The normalized spacial score (nSPS) is 16.2. The maximum atomic E-state index is 14.2. The first kappa shape index (κ1) is 52.4. The summed E-state index contributed by atoms with van der Waals surface area (Å²) in [5, 5.41) is 5.31. The molecule has 10 nitrogen and oxygen atoms in total. The molecular formula is C45H72Cl2N2O8Si2. The minimum absolute atomic E-state index is 0.283. The zero-order valence-electron chi connectivity index (χ0n) is 38.5. The summed E-state index contributed by atoms with van der Waals surface area (Å²) in [4.78, 5) is 54.1. The molecule has 59 heavy (non-hydrogen) atoms. The number of carbonyl (C=O) groups excluding carboxylic acids is 4. The van der Waals surface area contributed by atoms with Crippen molar-refractivity contribution in [2.45, 2.75) is 185 Å². The van der Waals surface area contributed by atoms with E-state index in [2.05, 4.69) is 78.4 Å². The van der Waals surface area contributed by atoms with Crippen LogP contribution >= 0.6 is 23.2 Å². The fourth-order valence-corrected chi connectivity index (χ4v) is 9.78. The summed E-state index contributed by atoms with van der Waals surface area (Å²) in [6.45, 7) is 31.4. The fourth-order valence-electron chi connectivity index (χ4n) is 6.33. The molecule has 0 fully saturated rings. The zero-order chi connectivity index (χ0) is 45.5. The lowest BCUT2D eigenvalue weighted by atomic mass is 9.88. The Kier molecular flexibility index (Phi) is 17.7. The standard InChI is InChI=1S/C45H72Cl2N2O8Si2/c1-17-44(46,18-2)38(56-58(13,14)40(5,6)7)42(11,48-36(52)32-27-23-21-24-28-32)54-34(50)31-35(51)55-43(12,49-37(53)33-29-25-22-26-30-33)39(45(47,19-3)20-4)57-59(15,16)41(8,9)10/h21-30,38-39H,17-20,31H2,1-16H3,(H,48,52)(H,49,53)/t38-,39-,42?,43?/m0/s1. The van der Waals surface area contributed by atoms with E-state index < -0.39 is 80.2 Å². The highest BCUT2D eigenvalue weighted by Crippen LogP contribution is 2.46. The minimum Gasteiger partial charge on any atom is -0.436 e. The van der Waals surface area contributed by atoms with Gasteiger partial charge in [-0.05, 0) is 100 Å². The van der Waals surface area contributed by atoms with Crippen LogP contribution in [0, 0.1) is 0 Å². The van der Waals surface area contributed by atoms with Crippen LogP contribution in [0.3, 0.4) is 0 Å². The van der Waals surface area contributed by atoms with Crippen LogP contribution in [0.25, 0.3) is 0 Å². The van der Waals surface area contributed by atoms with Crippen LogP contribution in [0.15, 0.2) is 60.7 Å². The van der Waals surface area contributed by atoms with Crippen molar-refractivity contribution < 1.29 is 37.5 Å². The van der Waals surface area contributed by atoms with Crippen LogP contribution in [0.1, 0.15) is 136 Å². The van der Waals surface area contributed by atoms with E-state index in [0.717, 1.165) is 0 Å². The monoisotopic (exact) mass is 894 g/mol. The first-order chi connectivity index (χ1) is 26.9. The summed E-state index contributed by atoms with van der Waals surface area (Å²) in [6, 6.07) is 17.0. The van der Waals surface area contributed by atoms with Crippen molar-refractivity contribution in [3.8, 4) is 0 Å². The highest BCUT2D eigenvalue weighted by molar-refractivity contribution is 6.74. The Hall–Kier alpha value is -2.75. The predicted octanol–water partition coefficient (Wildman–Crippen LogP) is 11.1. The van der Waals surface area contributed by atoms with Crippen LogP contribution in [0.5, 0.6) is 0 Å². The van der Waals surface area contributed by atoms with E-state index in [0.29, 0.717) is 36.8 Å². The Labute approximate surface area is 366 Å². The first-order valence-electron chi connectivity index (χ1n) is 20.8. The van der Waals surface area contributed by atoms with E-state index in [1.165, 1.54) is 0 Å². The van der Waals surface area contributed by atoms with E-state index in [1.807, 2.05) is 27.7 Å². The Balaban J connectivity index is 2.73. The SMILES string of the molecule is CCC(Cl)(CC)[C@@H](O[Si](C)(C)C(C)(C)C)C(C)(NC(=O)c1ccccc1)OC(=O)CC(=O)OC(C)(NC(=O)c1ccccc1)[C@H](O[Si](C)(C)C(C)(C)C)C(Cl)(CC)CC. The molecule has 0 aliphatic carbocycles. The lowest BCUT2D eigenvalue weighted by molar-refractivity contribution is -0.187. The summed E-state index contributed by atoms with van der Waals surface area (Å²) < 4.78 is 26.5.